The monoisotopic (exact) mass is 371 g/mol. The number of anilines is 2. The molecule has 2 heterocycles. The Bertz CT molecular complexity index is 765. The van der Waals surface area contributed by atoms with E-state index in [0.29, 0.717) is 0 Å². The van der Waals surface area contributed by atoms with E-state index < -0.39 is 0 Å². The quantitative estimate of drug-likeness (QED) is 0.846. The summed E-state index contributed by atoms with van der Waals surface area (Å²) < 4.78 is 7.30. The molecule has 0 unspecified atom stereocenters. The van der Waals surface area contributed by atoms with Crippen LogP contribution in [-0.4, -0.2) is 59.9 Å². The van der Waals surface area contributed by atoms with E-state index in [-0.39, 0.29) is 18.0 Å². The third kappa shape index (κ3) is 4.24. The van der Waals surface area contributed by atoms with E-state index in [1.54, 1.807) is 13.3 Å². The maximum atomic E-state index is 12.7. The van der Waals surface area contributed by atoms with E-state index in [2.05, 4.69) is 26.3 Å². The molecule has 1 aromatic heterocycles. The summed E-state index contributed by atoms with van der Waals surface area (Å²) in [6.45, 7) is 9.44. The van der Waals surface area contributed by atoms with Crippen molar-refractivity contribution in [2.75, 3.05) is 43.5 Å². The first-order valence-corrected chi connectivity index (χ1v) is 9.47. The molecule has 1 saturated heterocycles. The van der Waals surface area contributed by atoms with Gasteiger partial charge in [-0.25, -0.2) is 4.68 Å². The van der Waals surface area contributed by atoms with Gasteiger partial charge < -0.3 is 15.0 Å². The third-order valence-electron chi connectivity index (χ3n) is 5.08. The van der Waals surface area contributed by atoms with Crippen LogP contribution in [0, 0.1) is 0 Å². The van der Waals surface area contributed by atoms with Crippen LogP contribution in [0.2, 0.25) is 0 Å². The van der Waals surface area contributed by atoms with Crippen molar-refractivity contribution < 1.29 is 9.53 Å². The molecular formula is C20H29N5O2. The lowest BCUT2D eigenvalue weighted by molar-refractivity contribution is -0.120. The van der Waals surface area contributed by atoms with Crippen LogP contribution in [0.5, 0.6) is 5.75 Å². The minimum Gasteiger partial charge on any atom is -0.495 e. The van der Waals surface area contributed by atoms with Crippen LogP contribution in [0.25, 0.3) is 0 Å². The highest BCUT2D eigenvalue weighted by molar-refractivity contribution is 5.93. The molecule has 7 heteroatoms. The first-order chi connectivity index (χ1) is 13.0. The van der Waals surface area contributed by atoms with E-state index in [4.69, 9.17) is 4.74 Å². The number of aromatic nitrogens is 2. The molecule has 1 amide bonds. The molecule has 146 valence electrons. The molecule has 1 fully saturated rings. The van der Waals surface area contributed by atoms with Gasteiger partial charge >= 0.3 is 0 Å². The Labute approximate surface area is 160 Å². The van der Waals surface area contributed by atoms with Crippen LogP contribution >= 0.6 is 0 Å². The number of carbonyl (C=O) groups excluding carboxylic acids is 1. The molecule has 27 heavy (non-hydrogen) atoms. The molecule has 0 saturated carbocycles. The van der Waals surface area contributed by atoms with Gasteiger partial charge in [-0.1, -0.05) is 12.1 Å². The number of hydrogen-bond acceptors (Lipinski definition) is 5. The highest BCUT2D eigenvalue weighted by atomic mass is 16.5. The van der Waals surface area contributed by atoms with Crippen LogP contribution in [-0.2, 0) is 4.79 Å². The average Bonchev–Trinajstić information content (AvgIpc) is 3.16. The van der Waals surface area contributed by atoms with Gasteiger partial charge in [0.05, 0.1) is 25.0 Å². The molecule has 0 radical (unpaired) electrons. The number of ether oxygens (including phenoxy) is 1. The minimum atomic E-state index is -0.194. The Kier molecular flexibility index (Phi) is 6.01. The molecule has 0 aliphatic carbocycles. The summed E-state index contributed by atoms with van der Waals surface area (Å²) in [6, 6.07) is 9.91. The number of para-hydroxylation sites is 2. The third-order valence-corrected chi connectivity index (χ3v) is 5.08. The molecule has 1 aliphatic rings. The van der Waals surface area contributed by atoms with Crippen molar-refractivity contribution >= 4 is 17.4 Å². The lowest BCUT2D eigenvalue weighted by atomic mass is 10.2. The zero-order valence-corrected chi connectivity index (χ0v) is 16.6. The van der Waals surface area contributed by atoms with E-state index in [1.165, 1.54) is 0 Å². The topological polar surface area (TPSA) is 62.6 Å². The normalized spacial score (nSPS) is 16.4. The van der Waals surface area contributed by atoms with Crippen LogP contribution in [0.4, 0.5) is 11.5 Å². The highest BCUT2D eigenvalue weighted by Crippen LogP contribution is 2.28. The van der Waals surface area contributed by atoms with Gasteiger partial charge in [0.1, 0.15) is 11.6 Å². The van der Waals surface area contributed by atoms with Crippen molar-refractivity contribution in [2.24, 2.45) is 0 Å². The summed E-state index contributed by atoms with van der Waals surface area (Å²) in [5, 5.41) is 7.29. The molecule has 1 N–H and O–H groups in total. The second-order valence-corrected chi connectivity index (χ2v) is 7.11. The maximum absolute atomic E-state index is 12.7. The Morgan fingerprint density at radius 2 is 1.81 bits per heavy atom. The number of nitrogens with one attached hydrogen (secondary N) is 1. The number of methoxy groups -OCH3 is 1. The molecule has 1 aliphatic heterocycles. The van der Waals surface area contributed by atoms with Gasteiger partial charge in [0.15, 0.2) is 0 Å². The molecule has 0 bridgehead atoms. The first kappa shape index (κ1) is 19.2. The molecule has 3 rings (SSSR count). The lowest BCUT2D eigenvalue weighted by Gasteiger charge is -2.38. The highest BCUT2D eigenvalue weighted by Gasteiger charge is 2.27. The number of nitrogens with zero attached hydrogens (tertiary/aromatic N) is 4. The maximum Gasteiger partial charge on any atom is 0.242 e. The molecule has 1 aromatic carbocycles. The fourth-order valence-electron chi connectivity index (χ4n) is 3.46. The van der Waals surface area contributed by atoms with Crippen molar-refractivity contribution in [2.45, 2.75) is 32.9 Å². The van der Waals surface area contributed by atoms with Crippen LogP contribution in [0.15, 0.2) is 36.5 Å². The summed E-state index contributed by atoms with van der Waals surface area (Å²) in [6.07, 6.45) is 1.71. The number of amides is 1. The number of piperazine rings is 1. The molecular weight excluding hydrogens is 342 g/mol. The van der Waals surface area contributed by atoms with Gasteiger partial charge in [-0.05, 0) is 32.9 Å². The zero-order valence-electron chi connectivity index (χ0n) is 16.6. The van der Waals surface area contributed by atoms with Crippen molar-refractivity contribution in [3.8, 4) is 5.75 Å². The smallest absolute Gasteiger partial charge is 0.242 e. The summed E-state index contributed by atoms with van der Waals surface area (Å²) in [5.41, 5.74) is 1.11. The Hall–Kier alpha value is -2.54. The summed E-state index contributed by atoms with van der Waals surface area (Å²) >= 11 is 0. The summed E-state index contributed by atoms with van der Waals surface area (Å²) in [4.78, 5) is 17.2. The van der Waals surface area contributed by atoms with Gasteiger partial charge in [-0.15, -0.1) is 0 Å². The Balaban J connectivity index is 1.58. The van der Waals surface area contributed by atoms with Gasteiger partial charge in [-0.2, -0.15) is 5.10 Å². The fourth-order valence-corrected chi connectivity index (χ4v) is 3.46. The molecule has 7 nitrogen and oxygen atoms in total. The lowest BCUT2D eigenvalue weighted by Crippen LogP contribution is -2.53. The number of carbonyl (C=O) groups is 1. The number of hydrogen-bond donors (Lipinski definition) is 1. The largest absolute Gasteiger partial charge is 0.495 e. The zero-order chi connectivity index (χ0) is 19.4. The van der Waals surface area contributed by atoms with Crippen LogP contribution < -0.4 is 15.0 Å². The van der Waals surface area contributed by atoms with E-state index in [9.17, 15) is 4.79 Å². The SMILES string of the molecule is COc1ccccc1N1CCN([C@H](C)C(=O)Nc2ccnn2C(C)C)CC1. The van der Waals surface area contributed by atoms with E-state index >= 15 is 0 Å². The average molecular weight is 371 g/mol. The van der Waals surface area contributed by atoms with Gasteiger partial charge in [0, 0.05) is 38.3 Å². The van der Waals surface area contributed by atoms with Gasteiger partial charge in [0.25, 0.3) is 0 Å². The number of rotatable bonds is 6. The second-order valence-electron chi connectivity index (χ2n) is 7.11. The summed E-state index contributed by atoms with van der Waals surface area (Å²) in [5.74, 6) is 1.64. The van der Waals surface area contributed by atoms with Crippen molar-refractivity contribution in [3.63, 3.8) is 0 Å². The molecule has 0 spiro atoms. The van der Waals surface area contributed by atoms with Crippen molar-refractivity contribution in [1.29, 1.82) is 0 Å². The summed E-state index contributed by atoms with van der Waals surface area (Å²) in [7, 11) is 1.70. The van der Waals surface area contributed by atoms with Crippen molar-refractivity contribution in [1.82, 2.24) is 14.7 Å². The second kappa shape index (κ2) is 8.43. The van der Waals surface area contributed by atoms with Crippen LogP contribution in [0.3, 0.4) is 0 Å². The minimum absolute atomic E-state index is 0.00291. The Morgan fingerprint density at radius 1 is 1.11 bits per heavy atom. The predicted molar refractivity (Wildman–Crippen MR) is 107 cm³/mol. The van der Waals surface area contributed by atoms with Gasteiger partial charge in [-0.3, -0.25) is 9.69 Å². The van der Waals surface area contributed by atoms with Crippen molar-refractivity contribution in [3.05, 3.63) is 36.5 Å². The van der Waals surface area contributed by atoms with E-state index in [0.717, 1.165) is 43.4 Å². The standard InChI is InChI=1S/C20H29N5O2/c1-15(2)25-19(9-10-21-25)22-20(26)16(3)23-11-13-24(14-12-23)17-7-5-6-8-18(17)27-4/h5-10,15-16H,11-14H2,1-4H3,(H,22,26)/t16-/m1/s1. The molecule has 2 aromatic rings. The Morgan fingerprint density at radius 3 is 2.48 bits per heavy atom. The number of benzene rings is 1. The van der Waals surface area contributed by atoms with Crippen LogP contribution in [0.1, 0.15) is 26.8 Å². The first-order valence-electron chi connectivity index (χ1n) is 9.47. The molecule has 1 atom stereocenters. The van der Waals surface area contributed by atoms with E-state index in [1.807, 2.05) is 49.7 Å². The van der Waals surface area contributed by atoms with Gasteiger partial charge in [0.2, 0.25) is 5.91 Å². The fraction of sp³-hybridized carbons (Fsp3) is 0.500. The predicted octanol–water partition coefficient (Wildman–Crippen LogP) is 2.62.